The largest absolute Gasteiger partial charge is 0.377 e. The Morgan fingerprint density at radius 3 is 2.78 bits per heavy atom. The van der Waals surface area contributed by atoms with Crippen molar-refractivity contribution in [2.24, 2.45) is 12.8 Å². The van der Waals surface area contributed by atoms with Crippen LogP contribution in [0, 0.1) is 0 Å². The maximum Gasteiger partial charge on any atom is 0.262 e. The molecule has 8 nitrogen and oxygen atoms in total. The molecular weight excluding hydrogens is 368 g/mol. The second kappa shape index (κ2) is 6.40. The minimum Gasteiger partial charge on any atom is -0.377 e. The van der Waals surface area contributed by atoms with Crippen molar-refractivity contribution in [3.63, 3.8) is 0 Å². The first kappa shape index (κ1) is 17.0. The summed E-state index contributed by atoms with van der Waals surface area (Å²) in [7, 11) is 1.65. The van der Waals surface area contributed by atoms with E-state index in [1.165, 1.54) is 10.6 Å². The smallest absolute Gasteiger partial charge is 0.262 e. The Morgan fingerprint density at radius 2 is 2.00 bits per heavy atom. The van der Waals surface area contributed by atoms with Gasteiger partial charge in [0.15, 0.2) is 5.82 Å². The first-order valence-corrected chi connectivity index (χ1v) is 8.50. The van der Waals surface area contributed by atoms with Gasteiger partial charge in [-0.25, -0.2) is 0 Å². The minimum atomic E-state index is -0.584. The minimum absolute atomic E-state index is 0.140. The van der Waals surface area contributed by atoms with E-state index in [1.807, 2.05) is 22.6 Å². The van der Waals surface area contributed by atoms with Crippen LogP contribution in [-0.2, 0) is 13.6 Å². The van der Waals surface area contributed by atoms with Crippen LogP contribution < -0.4 is 16.6 Å². The number of para-hydroxylation sites is 1. The number of hydrogen-bond donors (Lipinski definition) is 2. The number of nitrogens with zero attached hydrogens (tertiary/aromatic N) is 4. The summed E-state index contributed by atoms with van der Waals surface area (Å²) in [6, 6.07) is 12.1. The molecule has 0 atom stereocenters. The van der Waals surface area contributed by atoms with Crippen molar-refractivity contribution >= 4 is 39.9 Å². The predicted molar refractivity (Wildman–Crippen MR) is 103 cm³/mol. The molecule has 0 aliphatic carbocycles. The molecule has 2 aromatic carbocycles. The summed E-state index contributed by atoms with van der Waals surface area (Å²) in [6.45, 7) is 0.269. The average Bonchev–Trinajstić information content (AvgIpc) is 3.09. The Bertz CT molecular complexity index is 1260. The van der Waals surface area contributed by atoms with Crippen molar-refractivity contribution in [2.75, 3.05) is 5.32 Å². The van der Waals surface area contributed by atoms with E-state index in [0.29, 0.717) is 33.2 Å². The lowest BCUT2D eigenvalue weighted by Crippen LogP contribution is -2.20. The van der Waals surface area contributed by atoms with Gasteiger partial charge < -0.3 is 11.1 Å². The maximum atomic E-state index is 12.5. The van der Waals surface area contributed by atoms with Crippen molar-refractivity contribution < 1.29 is 4.79 Å². The molecule has 0 aliphatic heterocycles. The Balaban J connectivity index is 1.81. The van der Waals surface area contributed by atoms with Crippen molar-refractivity contribution in [3.05, 3.63) is 69.2 Å². The number of anilines is 1. The molecule has 0 bridgehead atoms. The van der Waals surface area contributed by atoms with Crippen LogP contribution in [0.4, 0.5) is 5.69 Å². The lowest BCUT2D eigenvalue weighted by Gasteiger charge is -2.11. The van der Waals surface area contributed by atoms with Crippen molar-refractivity contribution in [1.82, 2.24) is 19.2 Å². The van der Waals surface area contributed by atoms with Crippen LogP contribution in [0.2, 0.25) is 5.02 Å². The molecule has 0 aliphatic rings. The fourth-order valence-corrected chi connectivity index (χ4v) is 3.23. The third kappa shape index (κ3) is 2.80. The molecule has 1 amide bonds. The number of hydrogen-bond acceptors (Lipinski definition) is 5. The highest BCUT2D eigenvalue weighted by molar-refractivity contribution is 6.31. The Morgan fingerprint density at radius 1 is 1.22 bits per heavy atom. The molecule has 2 heterocycles. The molecule has 0 spiro atoms. The zero-order valence-electron chi connectivity index (χ0n) is 14.3. The molecule has 0 fully saturated rings. The molecule has 0 radical (unpaired) electrons. The molecule has 0 saturated heterocycles. The SMILES string of the molecule is Cn1c(=O)c2ccccc2n2c(CNc3ccc(Cl)cc3C(N)=O)nnc12. The molecule has 2 aromatic heterocycles. The second-order valence-electron chi connectivity index (χ2n) is 6.04. The summed E-state index contributed by atoms with van der Waals surface area (Å²) in [4.78, 5) is 24.1. The molecule has 9 heteroatoms. The van der Waals surface area contributed by atoms with Gasteiger partial charge in [0.25, 0.3) is 11.5 Å². The monoisotopic (exact) mass is 382 g/mol. The quantitative estimate of drug-likeness (QED) is 0.561. The molecule has 4 rings (SSSR count). The number of rotatable bonds is 4. The maximum absolute atomic E-state index is 12.5. The second-order valence-corrected chi connectivity index (χ2v) is 6.48. The van der Waals surface area contributed by atoms with E-state index in [-0.39, 0.29) is 17.7 Å². The van der Waals surface area contributed by atoms with Crippen LogP contribution in [0.25, 0.3) is 16.7 Å². The Labute approximate surface area is 158 Å². The van der Waals surface area contributed by atoms with Gasteiger partial charge in [0, 0.05) is 17.8 Å². The van der Waals surface area contributed by atoms with E-state index in [4.69, 9.17) is 17.3 Å². The predicted octanol–water partition coefficient (Wildman–Crippen LogP) is 1.95. The summed E-state index contributed by atoms with van der Waals surface area (Å²) >= 11 is 5.94. The van der Waals surface area contributed by atoms with Gasteiger partial charge >= 0.3 is 0 Å². The van der Waals surface area contributed by atoms with Crippen LogP contribution in [0.3, 0.4) is 0 Å². The zero-order valence-corrected chi connectivity index (χ0v) is 15.1. The first-order valence-electron chi connectivity index (χ1n) is 8.12. The number of primary amides is 1. The van der Waals surface area contributed by atoms with Gasteiger partial charge in [-0.05, 0) is 30.3 Å². The number of carbonyl (C=O) groups excluding carboxylic acids is 1. The molecule has 0 unspecified atom stereocenters. The van der Waals surface area contributed by atoms with E-state index < -0.39 is 5.91 Å². The van der Waals surface area contributed by atoms with Gasteiger partial charge in [0.1, 0.15) is 0 Å². The van der Waals surface area contributed by atoms with Gasteiger partial charge in [0.05, 0.1) is 23.0 Å². The van der Waals surface area contributed by atoms with E-state index in [2.05, 4.69) is 15.5 Å². The van der Waals surface area contributed by atoms with Crippen LogP contribution in [0.5, 0.6) is 0 Å². The van der Waals surface area contributed by atoms with Gasteiger partial charge in [-0.15, -0.1) is 10.2 Å². The topological polar surface area (TPSA) is 107 Å². The molecule has 3 N–H and O–H groups in total. The van der Waals surface area contributed by atoms with E-state index in [0.717, 1.165) is 0 Å². The van der Waals surface area contributed by atoms with Crippen LogP contribution in [-0.4, -0.2) is 25.1 Å². The number of halogens is 1. The van der Waals surface area contributed by atoms with Gasteiger partial charge in [0.2, 0.25) is 5.78 Å². The zero-order chi connectivity index (χ0) is 19.1. The van der Waals surface area contributed by atoms with E-state index in [9.17, 15) is 9.59 Å². The number of amides is 1. The lowest BCUT2D eigenvalue weighted by atomic mass is 10.1. The van der Waals surface area contributed by atoms with Gasteiger partial charge in [-0.3, -0.25) is 18.6 Å². The fraction of sp³-hybridized carbons (Fsp3) is 0.111. The molecule has 4 aromatic rings. The van der Waals surface area contributed by atoms with Crippen LogP contribution in [0.15, 0.2) is 47.3 Å². The average molecular weight is 383 g/mol. The summed E-state index contributed by atoms with van der Waals surface area (Å²) in [5, 5.41) is 12.5. The van der Waals surface area contributed by atoms with Gasteiger partial charge in [-0.1, -0.05) is 23.7 Å². The van der Waals surface area contributed by atoms with Crippen molar-refractivity contribution in [2.45, 2.75) is 6.54 Å². The summed E-state index contributed by atoms with van der Waals surface area (Å²) in [5.41, 5.74) is 6.82. The highest BCUT2D eigenvalue weighted by atomic mass is 35.5. The number of nitrogens with one attached hydrogen (secondary N) is 1. The number of aryl methyl sites for hydroxylation is 1. The Kier molecular flexibility index (Phi) is 4.04. The summed E-state index contributed by atoms with van der Waals surface area (Å²) < 4.78 is 3.26. The number of fused-ring (bicyclic) bond motifs is 3. The first-order chi connectivity index (χ1) is 13.0. The van der Waals surface area contributed by atoms with Crippen molar-refractivity contribution in [1.29, 1.82) is 0 Å². The fourth-order valence-electron chi connectivity index (χ4n) is 3.06. The standard InChI is InChI=1S/C18H15ClN6O2/c1-24-17(27)11-4-2-3-5-14(11)25-15(22-23-18(24)25)9-21-13-7-6-10(19)8-12(13)16(20)26/h2-8,21H,9H2,1H3,(H2,20,26). The van der Waals surface area contributed by atoms with Crippen LogP contribution in [0.1, 0.15) is 16.2 Å². The van der Waals surface area contributed by atoms with Gasteiger partial charge in [-0.2, -0.15) is 0 Å². The molecule has 136 valence electrons. The number of nitrogens with two attached hydrogens (primary N) is 1. The normalized spacial score (nSPS) is 11.2. The highest BCUT2D eigenvalue weighted by Crippen LogP contribution is 2.21. The van der Waals surface area contributed by atoms with E-state index in [1.54, 1.807) is 25.2 Å². The molecule has 0 saturated carbocycles. The Hall–Kier alpha value is -3.39. The number of benzene rings is 2. The van der Waals surface area contributed by atoms with Crippen molar-refractivity contribution in [3.8, 4) is 0 Å². The summed E-state index contributed by atoms with van der Waals surface area (Å²) in [6.07, 6.45) is 0. The summed E-state index contributed by atoms with van der Waals surface area (Å²) in [5.74, 6) is 0.433. The lowest BCUT2D eigenvalue weighted by molar-refractivity contribution is 0.100. The van der Waals surface area contributed by atoms with E-state index >= 15 is 0 Å². The number of aromatic nitrogens is 4. The van der Waals surface area contributed by atoms with Crippen LogP contribution >= 0.6 is 11.6 Å². The number of carbonyl (C=O) groups is 1. The third-order valence-electron chi connectivity index (χ3n) is 4.38. The molecular formula is C18H15ClN6O2. The third-order valence-corrected chi connectivity index (χ3v) is 4.61. The molecule has 27 heavy (non-hydrogen) atoms. The highest BCUT2D eigenvalue weighted by Gasteiger charge is 2.15.